The van der Waals surface area contributed by atoms with Crippen LogP contribution in [0.3, 0.4) is 0 Å². The van der Waals surface area contributed by atoms with Crippen LogP contribution < -0.4 is 11.1 Å². The summed E-state index contributed by atoms with van der Waals surface area (Å²) in [6.07, 6.45) is 6.82. The van der Waals surface area contributed by atoms with Crippen LogP contribution in [0.4, 0.5) is 0 Å². The number of imidazole rings is 1. The zero-order valence-electron chi connectivity index (χ0n) is 12.5. The van der Waals surface area contributed by atoms with Crippen LogP contribution in [0.25, 0.3) is 0 Å². The molecule has 1 amide bonds. The molecular formula is C14H24Cl2N4O2. The molecular weight excluding hydrogens is 327 g/mol. The Kier molecular flexibility index (Phi) is 7.62. The molecule has 8 heteroatoms. The topological polar surface area (TPSA) is 82.2 Å². The van der Waals surface area contributed by atoms with Gasteiger partial charge in [-0.2, -0.15) is 0 Å². The molecule has 1 fully saturated rings. The summed E-state index contributed by atoms with van der Waals surface area (Å²) in [4.78, 5) is 16.6. The molecule has 0 unspecified atom stereocenters. The molecule has 2 atom stereocenters. The van der Waals surface area contributed by atoms with E-state index in [9.17, 15) is 4.79 Å². The third kappa shape index (κ3) is 4.35. The highest BCUT2D eigenvalue weighted by Gasteiger charge is 2.29. The summed E-state index contributed by atoms with van der Waals surface area (Å²) in [5.74, 6) is 1.09. The lowest BCUT2D eigenvalue weighted by molar-refractivity contribution is -0.132. The van der Waals surface area contributed by atoms with Gasteiger partial charge in [0.1, 0.15) is 11.9 Å². The molecule has 0 saturated carbocycles. The fourth-order valence-corrected chi connectivity index (χ4v) is 2.92. The summed E-state index contributed by atoms with van der Waals surface area (Å²) >= 11 is 0. The van der Waals surface area contributed by atoms with E-state index < -0.39 is 0 Å². The SMILES string of the molecule is Cl.Cl.NC[C@H]1CC[C@@H](C(=O)NCc2cn3c(n2)CCCC3)O1. The van der Waals surface area contributed by atoms with E-state index in [0.29, 0.717) is 13.1 Å². The van der Waals surface area contributed by atoms with Crippen molar-refractivity contribution in [3.63, 3.8) is 0 Å². The van der Waals surface area contributed by atoms with Gasteiger partial charge < -0.3 is 20.4 Å². The standard InChI is InChI=1S/C14H22N4O2.2ClH/c15-7-11-4-5-12(20-11)14(19)16-8-10-9-18-6-2-1-3-13(18)17-10;;/h9,11-12H,1-8,15H2,(H,16,19);2*1H/t11-,12+;;/m1../s1. The number of hydrogen-bond donors (Lipinski definition) is 2. The average Bonchev–Trinajstić information content (AvgIpc) is 3.10. The van der Waals surface area contributed by atoms with Crippen LogP contribution in [0, 0.1) is 0 Å². The van der Waals surface area contributed by atoms with Crippen molar-refractivity contribution < 1.29 is 9.53 Å². The molecule has 3 rings (SSSR count). The maximum atomic E-state index is 12.0. The lowest BCUT2D eigenvalue weighted by Gasteiger charge is -2.12. The summed E-state index contributed by atoms with van der Waals surface area (Å²) in [5, 5.41) is 2.91. The second-order valence-electron chi connectivity index (χ2n) is 5.58. The minimum absolute atomic E-state index is 0. The van der Waals surface area contributed by atoms with Gasteiger partial charge in [0, 0.05) is 25.7 Å². The average molecular weight is 351 g/mol. The van der Waals surface area contributed by atoms with Crippen molar-refractivity contribution in [1.82, 2.24) is 14.9 Å². The predicted molar refractivity (Wildman–Crippen MR) is 88.5 cm³/mol. The molecule has 22 heavy (non-hydrogen) atoms. The van der Waals surface area contributed by atoms with Crippen molar-refractivity contribution in [2.24, 2.45) is 5.73 Å². The number of nitrogens with zero attached hydrogens (tertiary/aromatic N) is 2. The first-order valence-corrected chi connectivity index (χ1v) is 7.44. The number of halogens is 2. The van der Waals surface area contributed by atoms with E-state index >= 15 is 0 Å². The smallest absolute Gasteiger partial charge is 0.249 e. The lowest BCUT2D eigenvalue weighted by atomic mass is 10.2. The molecule has 2 aliphatic heterocycles. The number of fused-ring (bicyclic) bond motifs is 1. The first-order valence-electron chi connectivity index (χ1n) is 7.44. The third-order valence-electron chi connectivity index (χ3n) is 4.07. The second kappa shape index (κ2) is 8.72. The molecule has 3 heterocycles. The van der Waals surface area contributed by atoms with Gasteiger partial charge in [-0.15, -0.1) is 24.8 Å². The lowest BCUT2D eigenvalue weighted by Crippen LogP contribution is -2.35. The first kappa shape index (κ1) is 19.2. The van der Waals surface area contributed by atoms with Crippen molar-refractivity contribution in [2.45, 2.75) is 57.4 Å². The molecule has 3 N–H and O–H groups in total. The van der Waals surface area contributed by atoms with E-state index in [-0.39, 0.29) is 42.9 Å². The summed E-state index contributed by atoms with van der Waals surface area (Å²) in [7, 11) is 0. The minimum Gasteiger partial charge on any atom is -0.364 e. The Morgan fingerprint density at radius 2 is 2.23 bits per heavy atom. The van der Waals surface area contributed by atoms with E-state index in [1.165, 1.54) is 12.8 Å². The highest BCUT2D eigenvalue weighted by atomic mass is 35.5. The number of aromatic nitrogens is 2. The van der Waals surface area contributed by atoms with E-state index in [2.05, 4.69) is 14.9 Å². The maximum absolute atomic E-state index is 12.0. The van der Waals surface area contributed by atoms with Gasteiger partial charge in [-0.3, -0.25) is 4.79 Å². The zero-order chi connectivity index (χ0) is 13.9. The van der Waals surface area contributed by atoms with Crippen LogP contribution in [0.2, 0.25) is 0 Å². The summed E-state index contributed by atoms with van der Waals surface area (Å²) in [5.41, 5.74) is 6.48. The van der Waals surface area contributed by atoms with E-state index in [1.54, 1.807) is 0 Å². The Bertz CT molecular complexity index is 472. The molecule has 1 saturated heterocycles. The van der Waals surface area contributed by atoms with Gasteiger partial charge in [0.25, 0.3) is 0 Å². The predicted octanol–water partition coefficient (Wildman–Crippen LogP) is 1.19. The molecule has 1 aromatic rings. The summed E-state index contributed by atoms with van der Waals surface area (Å²) < 4.78 is 7.78. The van der Waals surface area contributed by atoms with Crippen LogP contribution in [0.1, 0.15) is 37.2 Å². The van der Waals surface area contributed by atoms with E-state index in [0.717, 1.165) is 37.3 Å². The molecule has 2 aliphatic rings. The van der Waals surface area contributed by atoms with Crippen LogP contribution in [0.5, 0.6) is 0 Å². The Labute approximate surface area is 143 Å². The quantitative estimate of drug-likeness (QED) is 0.854. The Morgan fingerprint density at radius 1 is 1.41 bits per heavy atom. The molecule has 0 radical (unpaired) electrons. The molecule has 1 aromatic heterocycles. The van der Waals surface area contributed by atoms with Crippen molar-refractivity contribution in [3.8, 4) is 0 Å². The number of rotatable bonds is 4. The van der Waals surface area contributed by atoms with Crippen LogP contribution in [-0.4, -0.2) is 34.2 Å². The largest absolute Gasteiger partial charge is 0.364 e. The summed E-state index contributed by atoms with van der Waals surface area (Å²) in [6.45, 7) is 2.00. The molecule has 0 bridgehead atoms. The highest BCUT2D eigenvalue weighted by molar-refractivity contribution is 5.85. The van der Waals surface area contributed by atoms with Gasteiger partial charge in [-0.05, 0) is 25.7 Å². The van der Waals surface area contributed by atoms with Crippen molar-refractivity contribution >= 4 is 30.7 Å². The number of ether oxygens (including phenoxy) is 1. The number of nitrogens with two attached hydrogens (primary N) is 1. The Morgan fingerprint density at radius 3 is 2.91 bits per heavy atom. The van der Waals surface area contributed by atoms with Gasteiger partial charge in [0.05, 0.1) is 18.3 Å². The first-order chi connectivity index (χ1) is 9.76. The molecule has 0 aromatic carbocycles. The molecule has 126 valence electrons. The van der Waals surface area contributed by atoms with Crippen molar-refractivity contribution in [3.05, 3.63) is 17.7 Å². The highest BCUT2D eigenvalue weighted by Crippen LogP contribution is 2.19. The maximum Gasteiger partial charge on any atom is 0.249 e. The third-order valence-corrected chi connectivity index (χ3v) is 4.07. The van der Waals surface area contributed by atoms with Gasteiger partial charge in [-0.25, -0.2) is 4.98 Å². The monoisotopic (exact) mass is 350 g/mol. The number of carbonyl (C=O) groups excluding carboxylic acids is 1. The molecule has 0 spiro atoms. The Hall–Kier alpha value is -0.820. The van der Waals surface area contributed by atoms with Crippen LogP contribution in [-0.2, 0) is 29.0 Å². The van der Waals surface area contributed by atoms with Gasteiger partial charge >= 0.3 is 0 Å². The van der Waals surface area contributed by atoms with E-state index in [1.807, 2.05) is 6.20 Å². The van der Waals surface area contributed by atoms with Crippen LogP contribution in [0.15, 0.2) is 6.20 Å². The number of carbonyl (C=O) groups is 1. The van der Waals surface area contributed by atoms with E-state index in [4.69, 9.17) is 10.5 Å². The number of nitrogens with one attached hydrogen (secondary N) is 1. The van der Waals surface area contributed by atoms with Crippen molar-refractivity contribution in [1.29, 1.82) is 0 Å². The molecule has 6 nitrogen and oxygen atoms in total. The fraction of sp³-hybridized carbons (Fsp3) is 0.714. The number of amides is 1. The molecule has 0 aliphatic carbocycles. The number of hydrogen-bond acceptors (Lipinski definition) is 4. The van der Waals surface area contributed by atoms with Gasteiger partial charge in [-0.1, -0.05) is 0 Å². The van der Waals surface area contributed by atoms with Gasteiger partial charge in [0.15, 0.2) is 0 Å². The van der Waals surface area contributed by atoms with Crippen molar-refractivity contribution in [2.75, 3.05) is 6.54 Å². The van der Waals surface area contributed by atoms with Gasteiger partial charge in [0.2, 0.25) is 5.91 Å². The fourth-order valence-electron chi connectivity index (χ4n) is 2.92. The van der Waals surface area contributed by atoms with Crippen LogP contribution >= 0.6 is 24.8 Å². The zero-order valence-corrected chi connectivity index (χ0v) is 14.1. The minimum atomic E-state index is -0.346. The Balaban J connectivity index is 0.00000121. The normalized spacial score (nSPS) is 23.1. The number of aryl methyl sites for hydroxylation is 2. The summed E-state index contributed by atoms with van der Waals surface area (Å²) in [6, 6.07) is 0. The second-order valence-corrected chi connectivity index (χ2v) is 5.58.